The second-order valence-corrected chi connectivity index (χ2v) is 6.20. The number of benzene rings is 1. The molecule has 1 aromatic rings. The monoisotopic (exact) mass is 340 g/mol. The van der Waals surface area contributed by atoms with Gasteiger partial charge in [-0.25, -0.2) is 4.39 Å². The maximum Gasteiger partial charge on any atom is 0.226 e. The quantitative estimate of drug-likeness (QED) is 0.809. The molecular formula is C17H22ClFN2O2. The lowest BCUT2D eigenvalue weighted by molar-refractivity contribution is -0.131. The number of carbonyl (C=O) groups excluding carboxylic acids is 2. The first-order valence-corrected chi connectivity index (χ1v) is 8.49. The van der Waals surface area contributed by atoms with Crippen LogP contribution in [0.4, 0.5) is 4.39 Å². The predicted molar refractivity (Wildman–Crippen MR) is 87.8 cm³/mol. The van der Waals surface area contributed by atoms with Crippen molar-refractivity contribution in [1.29, 1.82) is 0 Å². The van der Waals surface area contributed by atoms with E-state index >= 15 is 0 Å². The van der Waals surface area contributed by atoms with Crippen molar-refractivity contribution >= 4 is 23.4 Å². The first kappa shape index (κ1) is 17.7. The number of likely N-dealkylation sites (tertiary alicyclic amines) is 1. The molecule has 4 nitrogen and oxygen atoms in total. The minimum atomic E-state index is -0.299. The van der Waals surface area contributed by atoms with E-state index in [0.29, 0.717) is 31.8 Å². The van der Waals surface area contributed by atoms with Crippen molar-refractivity contribution in [2.24, 2.45) is 0 Å². The Labute approximate surface area is 141 Å². The number of amides is 2. The molecule has 1 aliphatic heterocycles. The van der Waals surface area contributed by atoms with Crippen molar-refractivity contribution in [1.82, 2.24) is 10.2 Å². The molecule has 0 aliphatic carbocycles. The summed E-state index contributed by atoms with van der Waals surface area (Å²) in [5.74, 6) is 0.265. The van der Waals surface area contributed by atoms with Crippen LogP contribution in [0.25, 0.3) is 0 Å². The molecule has 1 N–H and O–H groups in total. The summed E-state index contributed by atoms with van der Waals surface area (Å²) in [5.41, 5.74) is 0.813. The van der Waals surface area contributed by atoms with Crippen molar-refractivity contribution in [3.8, 4) is 0 Å². The van der Waals surface area contributed by atoms with Gasteiger partial charge in [-0.15, -0.1) is 11.6 Å². The number of nitrogens with one attached hydrogen (secondary N) is 1. The summed E-state index contributed by atoms with van der Waals surface area (Å²) >= 11 is 5.57. The third-order valence-electron chi connectivity index (χ3n) is 4.02. The minimum Gasteiger partial charge on any atom is -0.353 e. The van der Waals surface area contributed by atoms with Gasteiger partial charge in [-0.3, -0.25) is 9.59 Å². The number of piperidine rings is 1. The lowest BCUT2D eigenvalue weighted by atomic mass is 10.0. The van der Waals surface area contributed by atoms with Gasteiger partial charge in [0.25, 0.3) is 0 Å². The molecule has 0 bridgehead atoms. The number of hydrogen-bond acceptors (Lipinski definition) is 2. The van der Waals surface area contributed by atoms with Crippen LogP contribution in [-0.2, 0) is 16.0 Å². The fourth-order valence-electron chi connectivity index (χ4n) is 2.69. The van der Waals surface area contributed by atoms with Crippen LogP contribution in [-0.4, -0.2) is 41.7 Å². The summed E-state index contributed by atoms with van der Waals surface area (Å²) in [5, 5.41) is 2.99. The summed E-state index contributed by atoms with van der Waals surface area (Å²) in [6, 6.07) is 6.14. The van der Waals surface area contributed by atoms with Gasteiger partial charge >= 0.3 is 0 Å². The second kappa shape index (κ2) is 8.87. The molecule has 126 valence electrons. The zero-order chi connectivity index (χ0) is 16.7. The van der Waals surface area contributed by atoms with Crippen molar-refractivity contribution in [2.45, 2.75) is 38.1 Å². The van der Waals surface area contributed by atoms with Crippen LogP contribution in [0.3, 0.4) is 0 Å². The van der Waals surface area contributed by atoms with Gasteiger partial charge in [0.15, 0.2) is 0 Å². The average molecular weight is 341 g/mol. The van der Waals surface area contributed by atoms with Gasteiger partial charge in [-0.1, -0.05) is 12.1 Å². The largest absolute Gasteiger partial charge is 0.353 e. The zero-order valence-electron chi connectivity index (χ0n) is 13.1. The number of alkyl halides is 1. The number of carbonyl (C=O) groups is 2. The number of nitrogens with zero attached hydrogens (tertiary/aromatic N) is 1. The van der Waals surface area contributed by atoms with E-state index in [1.165, 1.54) is 12.1 Å². The Bertz CT molecular complexity index is 528. The Morgan fingerprint density at radius 1 is 1.22 bits per heavy atom. The maximum absolute atomic E-state index is 12.9. The standard InChI is InChI=1S/C17H22ClFN2O2/c18-9-1-2-16(22)20-15-7-10-21(11-8-15)17(23)12-13-3-5-14(19)6-4-13/h3-6,15H,1-2,7-12H2,(H,20,22). The third kappa shape index (κ3) is 5.82. The van der Waals surface area contributed by atoms with Gasteiger partial charge in [0.05, 0.1) is 6.42 Å². The van der Waals surface area contributed by atoms with Crippen LogP contribution in [0.2, 0.25) is 0 Å². The molecule has 23 heavy (non-hydrogen) atoms. The number of hydrogen-bond donors (Lipinski definition) is 1. The number of rotatable bonds is 6. The van der Waals surface area contributed by atoms with E-state index in [1.54, 1.807) is 12.1 Å². The van der Waals surface area contributed by atoms with Crippen molar-refractivity contribution in [2.75, 3.05) is 19.0 Å². The zero-order valence-corrected chi connectivity index (χ0v) is 13.8. The summed E-state index contributed by atoms with van der Waals surface area (Å²) in [7, 11) is 0. The Morgan fingerprint density at radius 2 is 1.87 bits per heavy atom. The van der Waals surface area contributed by atoms with Crippen LogP contribution >= 0.6 is 11.6 Å². The highest BCUT2D eigenvalue weighted by atomic mass is 35.5. The van der Waals surface area contributed by atoms with Crippen LogP contribution in [0, 0.1) is 5.82 Å². The van der Waals surface area contributed by atoms with E-state index in [9.17, 15) is 14.0 Å². The molecule has 0 radical (unpaired) electrons. The van der Waals surface area contributed by atoms with E-state index in [0.717, 1.165) is 18.4 Å². The van der Waals surface area contributed by atoms with E-state index < -0.39 is 0 Å². The van der Waals surface area contributed by atoms with Crippen LogP contribution < -0.4 is 5.32 Å². The fraction of sp³-hybridized carbons (Fsp3) is 0.529. The van der Waals surface area contributed by atoms with E-state index in [-0.39, 0.29) is 30.1 Å². The van der Waals surface area contributed by atoms with E-state index in [1.807, 2.05) is 4.90 Å². The highest BCUT2D eigenvalue weighted by Gasteiger charge is 2.23. The summed E-state index contributed by atoms with van der Waals surface area (Å²) < 4.78 is 12.9. The molecule has 0 aromatic heterocycles. The van der Waals surface area contributed by atoms with Gasteiger partial charge in [-0.2, -0.15) is 0 Å². The highest BCUT2D eigenvalue weighted by Crippen LogP contribution is 2.13. The molecule has 1 saturated heterocycles. The van der Waals surface area contributed by atoms with Crippen LogP contribution in [0.5, 0.6) is 0 Å². The van der Waals surface area contributed by atoms with Gasteiger partial charge in [0.1, 0.15) is 5.82 Å². The normalized spacial score (nSPS) is 15.5. The molecule has 1 aliphatic rings. The molecule has 2 rings (SSSR count). The predicted octanol–water partition coefficient (Wildman–Crippen LogP) is 2.49. The Hall–Kier alpha value is -1.62. The molecule has 0 unspecified atom stereocenters. The Kier molecular flexibility index (Phi) is 6.84. The van der Waals surface area contributed by atoms with Gasteiger partial charge in [0.2, 0.25) is 11.8 Å². The van der Waals surface area contributed by atoms with E-state index in [2.05, 4.69) is 5.32 Å². The lowest BCUT2D eigenvalue weighted by Crippen LogP contribution is -2.46. The summed E-state index contributed by atoms with van der Waals surface area (Å²) in [6.45, 7) is 1.28. The van der Waals surface area contributed by atoms with Crippen molar-refractivity contribution in [3.05, 3.63) is 35.6 Å². The van der Waals surface area contributed by atoms with Gasteiger partial charge in [0, 0.05) is 31.4 Å². The Balaban J connectivity index is 1.74. The Morgan fingerprint density at radius 3 is 2.48 bits per heavy atom. The molecular weight excluding hydrogens is 319 g/mol. The molecule has 0 atom stereocenters. The molecule has 1 aromatic carbocycles. The summed E-state index contributed by atoms with van der Waals surface area (Å²) in [4.78, 5) is 25.7. The molecule has 0 spiro atoms. The average Bonchev–Trinajstić information content (AvgIpc) is 2.55. The van der Waals surface area contributed by atoms with Crippen molar-refractivity contribution in [3.63, 3.8) is 0 Å². The second-order valence-electron chi connectivity index (χ2n) is 5.82. The van der Waals surface area contributed by atoms with Gasteiger partial charge < -0.3 is 10.2 Å². The third-order valence-corrected chi connectivity index (χ3v) is 4.29. The van der Waals surface area contributed by atoms with Crippen LogP contribution in [0.1, 0.15) is 31.2 Å². The van der Waals surface area contributed by atoms with Crippen molar-refractivity contribution < 1.29 is 14.0 Å². The lowest BCUT2D eigenvalue weighted by Gasteiger charge is -2.32. The molecule has 1 fully saturated rings. The minimum absolute atomic E-state index is 0.0294. The maximum atomic E-state index is 12.9. The first-order chi connectivity index (χ1) is 11.1. The fourth-order valence-corrected chi connectivity index (χ4v) is 2.82. The SMILES string of the molecule is O=C(CCCCl)NC1CCN(C(=O)Cc2ccc(F)cc2)CC1. The first-order valence-electron chi connectivity index (χ1n) is 7.96. The molecule has 1 heterocycles. The molecule has 2 amide bonds. The topological polar surface area (TPSA) is 49.4 Å². The smallest absolute Gasteiger partial charge is 0.226 e. The highest BCUT2D eigenvalue weighted by molar-refractivity contribution is 6.17. The molecule has 0 saturated carbocycles. The molecule has 6 heteroatoms. The number of halogens is 2. The van der Waals surface area contributed by atoms with Crippen LogP contribution in [0.15, 0.2) is 24.3 Å². The van der Waals surface area contributed by atoms with Gasteiger partial charge in [-0.05, 0) is 37.0 Å². The van der Waals surface area contributed by atoms with E-state index in [4.69, 9.17) is 11.6 Å². The summed E-state index contributed by atoms with van der Waals surface area (Å²) in [6.07, 6.45) is 2.95.